The second kappa shape index (κ2) is 5.72. The van der Waals surface area contributed by atoms with E-state index in [1.807, 2.05) is 26.2 Å². The van der Waals surface area contributed by atoms with Crippen molar-refractivity contribution in [3.05, 3.63) is 30.0 Å². The van der Waals surface area contributed by atoms with Crippen molar-refractivity contribution in [1.29, 1.82) is 5.26 Å². The van der Waals surface area contributed by atoms with Gasteiger partial charge in [-0.15, -0.1) is 0 Å². The first-order valence-corrected chi connectivity index (χ1v) is 7.41. The van der Waals surface area contributed by atoms with Crippen LogP contribution in [0.5, 0.6) is 0 Å². The number of benzene rings is 1. The van der Waals surface area contributed by atoms with Crippen LogP contribution < -0.4 is 5.32 Å². The second-order valence-corrected chi connectivity index (χ2v) is 5.81. The van der Waals surface area contributed by atoms with Crippen LogP contribution in [0.2, 0.25) is 0 Å². The van der Waals surface area contributed by atoms with Crippen LogP contribution >= 0.6 is 0 Å². The summed E-state index contributed by atoms with van der Waals surface area (Å²) in [6.45, 7) is 1.93. The van der Waals surface area contributed by atoms with Gasteiger partial charge in [-0.3, -0.25) is 14.3 Å². The van der Waals surface area contributed by atoms with E-state index < -0.39 is 6.04 Å². The van der Waals surface area contributed by atoms with Gasteiger partial charge in [-0.05, 0) is 31.5 Å². The van der Waals surface area contributed by atoms with Gasteiger partial charge < -0.3 is 10.2 Å². The number of likely N-dealkylation sites (tertiary alicyclic amines) is 1. The van der Waals surface area contributed by atoms with Gasteiger partial charge in [0.15, 0.2) is 0 Å². The minimum Gasteiger partial charge on any atom is -0.340 e. The average molecular weight is 311 g/mol. The van der Waals surface area contributed by atoms with E-state index in [1.165, 1.54) is 4.90 Å². The van der Waals surface area contributed by atoms with E-state index in [4.69, 9.17) is 5.26 Å². The summed E-state index contributed by atoms with van der Waals surface area (Å²) in [7, 11) is 1.82. The predicted octanol–water partition coefficient (Wildman–Crippen LogP) is 0.816. The van der Waals surface area contributed by atoms with Gasteiger partial charge in [-0.25, -0.2) is 0 Å². The monoisotopic (exact) mass is 311 g/mol. The number of aryl methyl sites for hydroxylation is 1. The van der Waals surface area contributed by atoms with E-state index in [-0.39, 0.29) is 24.4 Å². The highest BCUT2D eigenvalue weighted by atomic mass is 16.2. The largest absolute Gasteiger partial charge is 0.340 e. The molecule has 1 aromatic heterocycles. The molecular formula is C16H17N5O2. The van der Waals surface area contributed by atoms with Crippen molar-refractivity contribution in [1.82, 2.24) is 20.0 Å². The Morgan fingerprint density at radius 2 is 2.30 bits per heavy atom. The molecule has 7 heteroatoms. The predicted molar refractivity (Wildman–Crippen MR) is 83.4 cm³/mol. The van der Waals surface area contributed by atoms with Gasteiger partial charge in [0, 0.05) is 30.2 Å². The Balaban J connectivity index is 1.75. The summed E-state index contributed by atoms with van der Waals surface area (Å²) < 4.78 is 1.69. The van der Waals surface area contributed by atoms with Crippen LogP contribution in [-0.2, 0) is 11.8 Å². The number of nitrogens with one attached hydrogen (secondary N) is 1. The lowest BCUT2D eigenvalue weighted by Gasteiger charge is -2.17. The third-order valence-corrected chi connectivity index (χ3v) is 4.12. The Kier molecular flexibility index (Phi) is 3.74. The molecule has 7 nitrogen and oxygen atoms in total. The van der Waals surface area contributed by atoms with Crippen molar-refractivity contribution in [2.45, 2.75) is 25.4 Å². The quantitative estimate of drug-likeness (QED) is 0.849. The van der Waals surface area contributed by atoms with Crippen LogP contribution in [0.4, 0.5) is 0 Å². The minimum atomic E-state index is -0.574. The summed E-state index contributed by atoms with van der Waals surface area (Å²) in [6, 6.07) is 6.60. The summed E-state index contributed by atoms with van der Waals surface area (Å²) in [5.41, 5.74) is 1.31. The fourth-order valence-electron chi connectivity index (χ4n) is 2.95. The molecule has 0 bridgehead atoms. The summed E-state index contributed by atoms with van der Waals surface area (Å²) in [6.07, 6.45) is 2.35. The number of nitrogens with zero attached hydrogens (tertiary/aromatic N) is 4. The highest BCUT2D eigenvalue weighted by Crippen LogP contribution is 2.19. The van der Waals surface area contributed by atoms with Crippen molar-refractivity contribution in [3.8, 4) is 6.07 Å². The highest BCUT2D eigenvalue weighted by molar-refractivity contribution is 6.00. The number of hydrogen-bond donors (Lipinski definition) is 1. The number of carbonyl (C=O) groups is 2. The minimum absolute atomic E-state index is 0.0479. The van der Waals surface area contributed by atoms with Crippen LogP contribution in [0, 0.1) is 11.3 Å². The zero-order valence-corrected chi connectivity index (χ0v) is 13.0. The van der Waals surface area contributed by atoms with Gasteiger partial charge in [0.2, 0.25) is 5.91 Å². The van der Waals surface area contributed by atoms with Crippen molar-refractivity contribution in [2.75, 3.05) is 6.54 Å². The molecule has 0 radical (unpaired) electrons. The van der Waals surface area contributed by atoms with Crippen molar-refractivity contribution in [3.63, 3.8) is 0 Å². The van der Waals surface area contributed by atoms with Gasteiger partial charge >= 0.3 is 0 Å². The van der Waals surface area contributed by atoms with Crippen LogP contribution in [0.15, 0.2) is 24.4 Å². The molecule has 1 aliphatic rings. The van der Waals surface area contributed by atoms with Crippen molar-refractivity contribution < 1.29 is 9.59 Å². The summed E-state index contributed by atoms with van der Waals surface area (Å²) >= 11 is 0. The number of carbonyl (C=O) groups excluding carboxylic acids is 2. The topological polar surface area (TPSA) is 91.0 Å². The molecule has 2 heterocycles. The van der Waals surface area contributed by atoms with Crippen LogP contribution in [0.1, 0.15) is 23.7 Å². The van der Waals surface area contributed by atoms with Gasteiger partial charge in [0.1, 0.15) is 12.6 Å². The molecule has 0 saturated carbocycles. The molecule has 1 N–H and O–H groups in total. The molecule has 118 valence electrons. The molecule has 1 fully saturated rings. The number of rotatable bonds is 3. The Labute approximate surface area is 133 Å². The molecule has 2 aromatic rings. The van der Waals surface area contributed by atoms with Crippen LogP contribution in [-0.4, -0.2) is 45.1 Å². The molecule has 23 heavy (non-hydrogen) atoms. The molecule has 2 amide bonds. The molecule has 0 spiro atoms. The average Bonchev–Trinajstić information content (AvgIpc) is 3.00. The number of aromatic nitrogens is 2. The van der Waals surface area contributed by atoms with Gasteiger partial charge in [0.05, 0.1) is 11.6 Å². The molecule has 3 rings (SSSR count). The lowest BCUT2D eigenvalue weighted by molar-refractivity contribution is -0.129. The third kappa shape index (κ3) is 2.75. The van der Waals surface area contributed by atoms with Crippen molar-refractivity contribution in [2.24, 2.45) is 7.05 Å². The highest BCUT2D eigenvalue weighted by Gasteiger charge is 2.37. The molecule has 2 unspecified atom stereocenters. The number of fused-ring (bicyclic) bond motifs is 1. The molecule has 1 saturated heterocycles. The maximum atomic E-state index is 12.4. The molecular weight excluding hydrogens is 294 g/mol. The van der Waals surface area contributed by atoms with E-state index in [9.17, 15) is 9.59 Å². The Bertz CT molecular complexity index is 819. The third-order valence-electron chi connectivity index (χ3n) is 4.12. The smallest absolute Gasteiger partial charge is 0.251 e. The first-order chi connectivity index (χ1) is 11.0. The summed E-state index contributed by atoms with van der Waals surface area (Å²) in [4.78, 5) is 26.1. The molecule has 2 atom stereocenters. The Morgan fingerprint density at radius 1 is 1.52 bits per heavy atom. The van der Waals surface area contributed by atoms with Gasteiger partial charge in [-0.1, -0.05) is 0 Å². The zero-order chi connectivity index (χ0) is 16.6. The van der Waals surface area contributed by atoms with E-state index in [1.54, 1.807) is 22.9 Å². The molecule has 0 aliphatic carbocycles. The first-order valence-electron chi connectivity index (χ1n) is 7.41. The maximum absolute atomic E-state index is 12.4. The number of amides is 2. The number of nitriles is 1. The second-order valence-electron chi connectivity index (χ2n) is 5.81. The fourth-order valence-corrected chi connectivity index (χ4v) is 2.95. The Morgan fingerprint density at radius 3 is 3.04 bits per heavy atom. The van der Waals surface area contributed by atoms with Crippen molar-refractivity contribution >= 4 is 22.7 Å². The normalized spacial score (nSPS) is 20.7. The SMILES string of the molecule is CC1CC(NC(=O)c2ccc3nn(C)cc3c2)C(=O)N1CC#N. The first kappa shape index (κ1) is 15.0. The number of hydrogen-bond acceptors (Lipinski definition) is 4. The lowest BCUT2D eigenvalue weighted by Crippen LogP contribution is -2.41. The molecule has 1 aromatic carbocycles. The molecule has 1 aliphatic heterocycles. The summed E-state index contributed by atoms with van der Waals surface area (Å²) in [5, 5.41) is 16.7. The van der Waals surface area contributed by atoms with E-state index in [2.05, 4.69) is 10.4 Å². The maximum Gasteiger partial charge on any atom is 0.251 e. The fraction of sp³-hybridized carbons (Fsp3) is 0.375. The van der Waals surface area contributed by atoms with Gasteiger partial charge in [0.25, 0.3) is 5.91 Å². The standard InChI is InChI=1S/C16H17N5O2/c1-10-7-14(16(23)21(10)6-5-17)18-15(22)11-3-4-13-12(8-11)9-20(2)19-13/h3-4,8-10,14H,6-7H2,1-2H3,(H,18,22). The lowest BCUT2D eigenvalue weighted by atomic mass is 10.1. The van der Waals surface area contributed by atoms with Crippen LogP contribution in [0.25, 0.3) is 10.9 Å². The zero-order valence-electron chi connectivity index (χ0n) is 13.0. The van der Waals surface area contributed by atoms with E-state index in [0.29, 0.717) is 12.0 Å². The summed E-state index contributed by atoms with van der Waals surface area (Å²) in [5.74, 6) is -0.491. The van der Waals surface area contributed by atoms with Crippen LogP contribution in [0.3, 0.4) is 0 Å². The van der Waals surface area contributed by atoms with E-state index in [0.717, 1.165) is 10.9 Å². The Hall–Kier alpha value is -2.88. The van der Waals surface area contributed by atoms with Gasteiger partial charge in [-0.2, -0.15) is 10.4 Å². The van der Waals surface area contributed by atoms with E-state index >= 15 is 0 Å².